The van der Waals surface area contributed by atoms with Crippen LogP contribution in [0.25, 0.3) is 0 Å². The Bertz CT molecular complexity index is 1220. The first-order chi connectivity index (χ1) is 16.3. The first-order valence-electron chi connectivity index (χ1n) is 9.55. The van der Waals surface area contributed by atoms with Gasteiger partial charge >= 0.3 is 29.0 Å². The second-order valence-corrected chi connectivity index (χ2v) is 9.81. The number of fused-ring (bicyclic) bond motifs is 1. The molecule has 2 atom stereocenters. The van der Waals surface area contributed by atoms with E-state index < -0.39 is 29.2 Å². The van der Waals surface area contributed by atoms with Gasteiger partial charge in [-0.2, -0.15) is 0 Å². The minimum Gasteiger partial charge on any atom is -1.00 e. The second kappa shape index (κ2) is 11.5. The average molecular weight is 550 g/mol. The first-order valence-corrected chi connectivity index (χ1v) is 12.5. The largest absolute Gasteiger partial charge is 2.00 e. The van der Waals surface area contributed by atoms with Gasteiger partial charge in [0.15, 0.2) is 16.6 Å². The molecule has 1 fully saturated rings. The molecule has 2 aromatic heterocycles. The van der Waals surface area contributed by atoms with Crippen molar-refractivity contribution in [1.29, 1.82) is 0 Å². The Morgan fingerprint density at radius 3 is 2.86 bits per heavy atom. The van der Waals surface area contributed by atoms with Crippen molar-refractivity contribution in [2.75, 3.05) is 24.3 Å². The number of amides is 2. The maximum absolute atomic E-state index is 12.8. The van der Waals surface area contributed by atoms with Gasteiger partial charge in [0.1, 0.15) is 29.9 Å². The van der Waals surface area contributed by atoms with E-state index in [4.69, 9.17) is 15.0 Å². The number of β-lactam (4-membered cyclic amide) rings is 1. The molecule has 0 spiro atoms. The van der Waals surface area contributed by atoms with Gasteiger partial charge in [-0.15, -0.1) is 23.1 Å². The summed E-state index contributed by atoms with van der Waals surface area (Å²) in [4.78, 5) is 59.6. The molecule has 0 aromatic carbocycles. The number of carbonyl (C=O) groups is 4. The molecule has 2 aromatic rings. The first kappa shape index (κ1) is 27.1. The number of nitrogens with one attached hydrogen (secondary N) is 1. The van der Waals surface area contributed by atoms with E-state index in [-0.39, 0.29) is 70.5 Å². The Balaban J connectivity index is 0.00000228. The van der Waals surface area contributed by atoms with Gasteiger partial charge in [0.05, 0.1) is 6.26 Å². The Labute approximate surface area is 229 Å². The number of rotatable bonds is 8. The summed E-state index contributed by atoms with van der Waals surface area (Å²) in [5, 5.41) is 16.8. The fourth-order valence-electron chi connectivity index (χ4n) is 3.31. The third-order valence-electron chi connectivity index (χ3n) is 4.80. The summed E-state index contributed by atoms with van der Waals surface area (Å²) in [6.45, 7) is 0. The minimum absolute atomic E-state index is 0. The van der Waals surface area contributed by atoms with Crippen molar-refractivity contribution in [2.45, 2.75) is 11.4 Å². The summed E-state index contributed by atoms with van der Waals surface area (Å²) in [5.41, 5.74) is 5.89. The van der Waals surface area contributed by atoms with Crippen LogP contribution in [0.4, 0.5) is 5.13 Å². The van der Waals surface area contributed by atoms with E-state index in [2.05, 4.69) is 15.5 Å². The van der Waals surface area contributed by atoms with Crippen LogP contribution in [0.2, 0.25) is 0 Å². The van der Waals surface area contributed by atoms with E-state index >= 15 is 0 Å². The molecular formula is C19H19MgN5O7S3. The monoisotopic (exact) mass is 549 g/mol. The molecule has 12 nitrogen and oxygen atoms in total. The van der Waals surface area contributed by atoms with Crippen LogP contribution < -0.4 is 11.1 Å². The van der Waals surface area contributed by atoms with Crippen molar-refractivity contribution >= 4 is 91.7 Å². The van der Waals surface area contributed by atoms with Crippen LogP contribution in [0.1, 0.15) is 19.1 Å². The standard InChI is InChI=1S/C19H17N5O7S3.Mg.2H/c1-30-23-11(9-7-34-19(20)21-9)14(25)22-12-15(26)24-13(17(27)28)8(5-32-16(12)24)6-33-18(29)10-3-2-4-31-10;;;/h2-4,7,12,16H,5-6H2,1H3,(H2,20,21)(H,22,25)(H,27,28);;;/q;+2;2*-1/b23-11-;;;/t12-,16-;;;/m1.../s1. The van der Waals surface area contributed by atoms with Gasteiger partial charge in [-0.25, -0.2) is 9.78 Å². The van der Waals surface area contributed by atoms with E-state index in [0.717, 1.165) is 28.0 Å². The molecule has 4 N–H and O–H groups in total. The summed E-state index contributed by atoms with van der Waals surface area (Å²) in [6.07, 6.45) is 1.37. The van der Waals surface area contributed by atoms with Crippen LogP contribution in [-0.2, 0) is 19.2 Å². The molecule has 2 amide bonds. The molecule has 16 heteroatoms. The molecule has 0 radical (unpaired) electrons. The number of nitrogen functional groups attached to an aromatic ring is 1. The van der Waals surface area contributed by atoms with Gasteiger partial charge in [-0.1, -0.05) is 16.9 Å². The molecule has 35 heavy (non-hydrogen) atoms. The minimum atomic E-state index is -1.29. The van der Waals surface area contributed by atoms with Crippen molar-refractivity contribution in [2.24, 2.45) is 5.16 Å². The Morgan fingerprint density at radius 2 is 2.26 bits per heavy atom. The SMILES string of the molecule is CO/N=C(\C(=O)N[C@@H]1C(=O)N2C(C(=O)O)=C(CSC(=O)c3ccco3)CS[C@H]12)c1csc(N)n1.[H-].[H-].[Mg+2]. The second-order valence-electron chi connectivity index (χ2n) is 6.87. The quantitative estimate of drug-likeness (QED) is 0.184. The number of thioether (sulfide) groups is 2. The summed E-state index contributed by atoms with van der Waals surface area (Å²) in [6, 6.07) is 2.13. The molecule has 0 unspecified atom stereocenters. The number of aliphatic carboxylic acids is 1. The van der Waals surface area contributed by atoms with Crippen molar-refractivity contribution in [3.05, 3.63) is 46.5 Å². The number of furan rings is 1. The van der Waals surface area contributed by atoms with Gasteiger partial charge < -0.3 is 28.3 Å². The Hall–Kier alpha value is -2.53. The van der Waals surface area contributed by atoms with Crippen molar-refractivity contribution in [3.8, 4) is 0 Å². The molecule has 4 heterocycles. The van der Waals surface area contributed by atoms with Crippen LogP contribution in [-0.4, -0.2) is 96.7 Å². The van der Waals surface area contributed by atoms with Crippen LogP contribution in [0.15, 0.2) is 44.6 Å². The molecule has 0 bridgehead atoms. The molecule has 4 rings (SSSR count). The van der Waals surface area contributed by atoms with Gasteiger partial charge in [-0.05, 0) is 17.7 Å². The summed E-state index contributed by atoms with van der Waals surface area (Å²) in [7, 11) is 1.26. The maximum Gasteiger partial charge on any atom is 2.00 e. The van der Waals surface area contributed by atoms with Gasteiger partial charge in [-0.3, -0.25) is 19.3 Å². The van der Waals surface area contributed by atoms with E-state index in [9.17, 15) is 24.3 Å². The predicted molar refractivity (Wildman–Crippen MR) is 133 cm³/mol. The Kier molecular flexibility index (Phi) is 8.87. The number of carboxylic acids is 1. The number of aromatic nitrogens is 1. The number of nitrogens with zero attached hydrogens (tertiary/aromatic N) is 3. The zero-order chi connectivity index (χ0) is 24.4. The molecular weight excluding hydrogens is 531 g/mol. The number of nitrogens with two attached hydrogens (primary N) is 1. The normalized spacial score (nSPS) is 19.4. The Morgan fingerprint density at radius 1 is 1.49 bits per heavy atom. The maximum atomic E-state index is 12.8. The zero-order valence-corrected chi connectivity index (χ0v) is 22.0. The summed E-state index contributed by atoms with van der Waals surface area (Å²) >= 11 is 3.29. The van der Waals surface area contributed by atoms with Gasteiger partial charge in [0, 0.05) is 16.9 Å². The summed E-state index contributed by atoms with van der Waals surface area (Å²) in [5.74, 6) is -2.08. The van der Waals surface area contributed by atoms with Crippen LogP contribution >= 0.6 is 34.9 Å². The number of oxime groups is 1. The van der Waals surface area contributed by atoms with Crippen LogP contribution in [0.3, 0.4) is 0 Å². The number of hydrogen-bond acceptors (Lipinski definition) is 12. The topological polar surface area (TPSA) is 177 Å². The molecule has 2 aliphatic rings. The fourth-order valence-corrected chi connectivity index (χ4v) is 6.14. The van der Waals surface area contributed by atoms with E-state index in [1.165, 1.54) is 36.6 Å². The van der Waals surface area contributed by atoms with E-state index in [1.807, 2.05) is 0 Å². The van der Waals surface area contributed by atoms with Gasteiger partial charge in [0.2, 0.25) is 0 Å². The van der Waals surface area contributed by atoms with Gasteiger partial charge in [0.25, 0.3) is 16.9 Å². The van der Waals surface area contributed by atoms with E-state index in [0.29, 0.717) is 5.57 Å². The zero-order valence-electron chi connectivity index (χ0n) is 20.1. The average Bonchev–Trinajstić information content (AvgIpc) is 3.50. The predicted octanol–water partition coefficient (Wildman–Crippen LogP) is 0.825. The number of thiazole rings is 1. The number of carboxylic acid groups (broad SMARTS) is 1. The molecule has 2 aliphatic heterocycles. The van der Waals surface area contributed by atoms with Crippen molar-refractivity contribution in [3.63, 3.8) is 0 Å². The number of hydrogen-bond donors (Lipinski definition) is 3. The molecule has 1 saturated heterocycles. The van der Waals surface area contributed by atoms with E-state index in [1.54, 1.807) is 6.07 Å². The van der Waals surface area contributed by atoms with Crippen molar-refractivity contribution < 1.29 is 36.4 Å². The van der Waals surface area contributed by atoms with Crippen molar-refractivity contribution in [1.82, 2.24) is 15.2 Å². The van der Waals surface area contributed by atoms with Crippen LogP contribution in [0.5, 0.6) is 0 Å². The third-order valence-corrected chi connectivity index (χ3v) is 7.77. The smallest absolute Gasteiger partial charge is 1.00 e. The molecule has 182 valence electrons. The summed E-state index contributed by atoms with van der Waals surface area (Å²) < 4.78 is 5.05. The number of anilines is 1. The fraction of sp³-hybridized carbons (Fsp3) is 0.263. The molecule has 0 saturated carbocycles. The number of carbonyl (C=O) groups excluding carboxylic acids is 3. The third kappa shape index (κ3) is 5.50. The van der Waals surface area contributed by atoms with Crippen LogP contribution in [0, 0.1) is 0 Å². The molecule has 0 aliphatic carbocycles.